The van der Waals surface area contributed by atoms with Crippen molar-refractivity contribution in [2.75, 3.05) is 6.54 Å². The molecule has 1 aromatic rings. The van der Waals surface area contributed by atoms with Crippen LogP contribution in [-0.2, 0) is 13.0 Å². The molecular weight excluding hydrogens is 188 g/mol. The third-order valence-electron chi connectivity index (χ3n) is 2.56. The Morgan fingerprint density at radius 2 is 2.00 bits per heavy atom. The number of hydrogen-bond acceptors (Lipinski definition) is 3. The molecule has 0 aromatic carbocycles. The Labute approximate surface area is 91.9 Å². The summed E-state index contributed by atoms with van der Waals surface area (Å²) in [5, 5.41) is 8.34. The van der Waals surface area contributed by atoms with Crippen LogP contribution in [0.3, 0.4) is 0 Å². The second-order valence-corrected chi connectivity index (χ2v) is 3.91. The van der Waals surface area contributed by atoms with Crippen molar-refractivity contribution in [3.05, 3.63) is 11.6 Å². The molecule has 0 amide bonds. The van der Waals surface area contributed by atoms with Gasteiger partial charge in [0, 0.05) is 13.0 Å². The number of aromatic nitrogens is 3. The van der Waals surface area contributed by atoms with Gasteiger partial charge in [0.05, 0.1) is 0 Å². The first-order chi connectivity index (χ1) is 7.29. The van der Waals surface area contributed by atoms with E-state index in [4.69, 9.17) is 5.73 Å². The van der Waals surface area contributed by atoms with Gasteiger partial charge in [-0.05, 0) is 32.7 Å². The molecule has 0 radical (unpaired) electrons. The largest absolute Gasteiger partial charge is 0.330 e. The van der Waals surface area contributed by atoms with Crippen LogP contribution in [0, 0.1) is 6.92 Å². The monoisotopic (exact) mass is 210 g/mol. The molecule has 0 aliphatic rings. The van der Waals surface area contributed by atoms with Crippen LogP contribution in [0.15, 0.2) is 0 Å². The number of rotatable bonds is 7. The van der Waals surface area contributed by atoms with E-state index in [0.29, 0.717) is 0 Å². The standard InChI is InChI=1S/C11H22N4/c1-3-9-15-10(2)13-14-11(15)7-5-4-6-8-12/h3-9,12H2,1-2H3. The highest BCUT2D eigenvalue weighted by Gasteiger charge is 2.06. The number of hydrogen-bond donors (Lipinski definition) is 1. The van der Waals surface area contributed by atoms with Gasteiger partial charge in [0.25, 0.3) is 0 Å². The van der Waals surface area contributed by atoms with Crippen molar-refractivity contribution >= 4 is 0 Å². The molecule has 0 unspecified atom stereocenters. The van der Waals surface area contributed by atoms with E-state index in [1.165, 1.54) is 12.8 Å². The summed E-state index contributed by atoms with van der Waals surface area (Å²) < 4.78 is 2.22. The predicted octanol–water partition coefficient (Wildman–Crippen LogP) is 1.67. The number of nitrogens with zero attached hydrogens (tertiary/aromatic N) is 3. The molecule has 0 fully saturated rings. The molecule has 4 heteroatoms. The highest BCUT2D eigenvalue weighted by molar-refractivity contribution is 4.93. The minimum absolute atomic E-state index is 0.792. The molecule has 2 N–H and O–H groups in total. The van der Waals surface area contributed by atoms with Gasteiger partial charge in [-0.2, -0.15) is 0 Å². The third-order valence-corrected chi connectivity index (χ3v) is 2.56. The fraction of sp³-hybridized carbons (Fsp3) is 0.818. The quantitative estimate of drug-likeness (QED) is 0.696. The molecule has 0 saturated heterocycles. The van der Waals surface area contributed by atoms with E-state index in [2.05, 4.69) is 21.7 Å². The van der Waals surface area contributed by atoms with Gasteiger partial charge in [-0.1, -0.05) is 13.3 Å². The number of nitrogens with two attached hydrogens (primary N) is 1. The Bertz CT molecular complexity index is 280. The molecule has 0 saturated carbocycles. The smallest absolute Gasteiger partial charge is 0.132 e. The highest BCUT2D eigenvalue weighted by Crippen LogP contribution is 2.07. The molecule has 1 heterocycles. The Morgan fingerprint density at radius 3 is 2.67 bits per heavy atom. The Hall–Kier alpha value is -0.900. The van der Waals surface area contributed by atoms with Crippen molar-refractivity contribution in [2.45, 2.75) is 52.5 Å². The number of aryl methyl sites for hydroxylation is 2. The van der Waals surface area contributed by atoms with Gasteiger partial charge in [0.1, 0.15) is 11.6 Å². The molecule has 0 aliphatic carbocycles. The lowest BCUT2D eigenvalue weighted by molar-refractivity contribution is 0.594. The average molecular weight is 210 g/mol. The molecule has 0 bridgehead atoms. The summed E-state index contributed by atoms with van der Waals surface area (Å²) in [6, 6.07) is 0. The maximum atomic E-state index is 5.46. The zero-order valence-corrected chi connectivity index (χ0v) is 9.87. The van der Waals surface area contributed by atoms with Gasteiger partial charge >= 0.3 is 0 Å². The molecule has 1 aromatic heterocycles. The van der Waals surface area contributed by atoms with Crippen molar-refractivity contribution < 1.29 is 0 Å². The van der Waals surface area contributed by atoms with Crippen LogP contribution in [0.2, 0.25) is 0 Å². The summed E-state index contributed by atoms with van der Waals surface area (Å²) in [5.74, 6) is 2.16. The summed E-state index contributed by atoms with van der Waals surface area (Å²) in [4.78, 5) is 0. The number of unbranched alkanes of at least 4 members (excludes halogenated alkanes) is 2. The van der Waals surface area contributed by atoms with Crippen LogP contribution >= 0.6 is 0 Å². The summed E-state index contributed by atoms with van der Waals surface area (Å²) in [6.07, 6.45) is 5.63. The Balaban J connectivity index is 2.45. The van der Waals surface area contributed by atoms with Crippen LogP contribution in [-0.4, -0.2) is 21.3 Å². The predicted molar refractivity (Wildman–Crippen MR) is 61.7 cm³/mol. The average Bonchev–Trinajstić information content (AvgIpc) is 2.57. The highest BCUT2D eigenvalue weighted by atomic mass is 15.3. The molecule has 4 nitrogen and oxygen atoms in total. The second-order valence-electron chi connectivity index (χ2n) is 3.91. The SMILES string of the molecule is CCCn1c(C)nnc1CCCCCN. The second kappa shape index (κ2) is 6.56. The molecule has 15 heavy (non-hydrogen) atoms. The fourth-order valence-electron chi connectivity index (χ4n) is 1.73. The molecule has 0 atom stereocenters. The van der Waals surface area contributed by atoms with Gasteiger partial charge in [-0.15, -0.1) is 10.2 Å². The lowest BCUT2D eigenvalue weighted by Gasteiger charge is -2.06. The van der Waals surface area contributed by atoms with E-state index in [1.807, 2.05) is 6.92 Å². The maximum Gasteiger partial charge on any atom is 0.132 e. The van der Waals surface area contributed by atoms with Gasteiger partial charge in [0.15, 0.2) is 0 Å². The summed E-state index contributed by atoms with van der Waals surface area (Å²) >= 11 is 0. The van der Waals surface area contributed by atoms with E-state index in [-0.39, 0.29) is 0 Å². The van der Waals surface area contributed by atoms with E-state index in [9.17, 15) is 0 Å². The van der Waals surface area contributed by atoms with Crippen molar-refractivity contribution in [3.8, 4) is 0 Å². The van der Waals surface area contributed by atoms with Crippen LogP contribution in [0.1, 0.15) is 44.3 Å². The molecule has 86 valence electrons. The minimum Gasteiger partial charge on any atom is -0.330 e. The first-order valence-electron chi connectivity index (χ1n) is 5.88. The summed E-state index contributed by atoms with van der Waals surface area (Å²) in [6.45, 7) is 6.02. The van der Waals surface area contributed by atoms with E-state index < -0.39 is 0 Å². The minimum atomic E-state index is 0.792. The van der Waals surface area contributed by atoms with Crippen LogP contribution in [0.4, 0.5) is 0 Å². The van der Waals surface area contributed by atoms with Gasteiger partial charge in [0.2, 0.25) is 0 Å². The van der Waals surface area contributed by atoms with Crippen LogP contribution in [0.25, 0.3) is 0 Å². The van der Waals surface area contributed by atoms with Gasteiger partial charge in [-0.3, -0.25) is 0 Å². The van der Waals surface area contributed by atoms with Crippen molar-refractivity contribution in [1.29, 1.82) is 0 Å². The lowest BCUT2D eigenvalue weighted by atomic mass is 10.2. The third kappa shape index (κ3) is 3.63. The molecular formula is C11H22N4. The molecule has 0 aliphatic heterocycles. The topological polar surface area (TPSA) is 56.7 Å². The molecule has 0 spiro atoms. The first kappa shape index (κ1) is 12.2. The Morgan fingerprint density at radius 1 is 1.20 bits per heavy atom. The lowest BCUT2D eigenvalue weighted by Crippen LogP contribution is -2.06. The van der Waals surface area contributed by atoms with E-state index >= 15 is 0 Å². The van der Waals surface area contributed by atoms with Crippen LogP contribution in [0.5, 0.6) is 0 Å². The van der Waals surface area contributed by atoms with Gasteiger partial charge in [-0.25, -0.2) is 0 Å². The van der Waals surface area contributed by atoms with E-state index in [0.717, 1.165) is 44.0 Å². The van der Waals surface area contributed by atoms with Crippen molar-refractivity contribution in [2.24, 2.45) is 5.73 Å². The molecule has 1 rings (SSSR count). The normalized spacial score (nSPS) is 10.9. The zero-order chi connectivity index (χ0) is 11.1. The first-order valence-corrected chi connectivity index (χ1v) is 5.88. The summed E-state index contributed by atoms with van der Waals surface area (Å²) in [7, 11) is 0. The van der Waals surface area contributed by atoms with Crippen molar-refractivity contribution in [1.82, 2.24) is 14.8 Å². The Kier molecular flexibility index (Phi) is 5.32. The summed E-state index contributed by atoms with van der Waals surface area (Å²) in [5.41, 5.74) is 5.46. The van der Waals surface area contributed by atoms with Crippen molar-refractivity contribution in [3.63, 3.8) is 0 Å². The van der Waals surface area contributed by atoms with E-state index in [1.54, 1.807) is 0 Å². The zero-order valence-electron chi connectivity index (χ0n) is 9.87. The maximum absolute atomic E-state index is 5.46. The van der Waals surface area contributed by atoms with Gasteiger partial charge < -0.3 is 10.3 Å². The van der Waals surface area contributed by atoms with Crippen LogP contribution < -0.4 is 5.73 Å². The fourth-order valence-corrected chi connectivity index (χ4v) is 1.73.